The minimum Gasteiger partial charge on any atom is -0.394 e. The first kappa shape index (κ1) is 19.2. The quantitative estimate of drug-likeness (QED) is 0.839. The number of rotatable bonds is 3. The van der Waals surface area contributed by atoms with Gasteiger partial charge in [-0.1, -0.05) is 18.2 Å². The Morgan fingerprint density at radius 3 is 2.67 bits per heavy atom. The third-order valence-electron chi connectivity index (χ3n) is 6.67. The lowest BCUT2D eigenvalue weighted by atomic mass is 9.71. The summed E-state index contributed by atoms with van der Waals surface area (Å²) in [5, 5.41) is 10.1. The molecule has 3 aliphatic rings. The summed E-state index contributed by atoms with van der Waals surface area (Å²) in [5.41, 5.74) is 2.39. The third-order valence-corrected chi connectivity index (χ3v) is 6.67. The van der Waals surface area contributed by atoms with E-state index in [-0.39, 0.29) is 42.3 Å². The highest BCUT2D eigenvalue weighted by atomic mass is 16.5. The molecule has 0 bridgehead atoms. The number of benzene rings is 1. The van der Waals surface area contributed by atoms with Gasteiger partial charge in [0.2, 0.25) is 5.91 Å². The number of nitrogens with zero attached hydrogens (tertiary/aromatic N) is 3. The van der Waals surface area contributed by atoms with Gasteiger partial charge in [0, 0.05) is 49.7 Å². The largest absolute Gasteiger partial charge is 0.394 e. The molecule has 0 saturated carbocycles. The van der Waals surface area contributed by atoms with Crippen molar-refractivity contribution in [1.82, 2.24) is 9.88 Å². The third kappa shape index (κ3) is 3.00. The van der Waals surface area contributed by atoms with Crippen LogP contribution in [0.3, 0.4) is 0 Å². The Balaban J connectivity index is 1.49. The molecule has 0 spiro atoms. The second-order valence-electron chi connectivity index (χ2n) is 8.19. The zero-order chi connectivity index (χ0) is 20.7. The molecule has 1 N–H and O–H groups in total. The van der Waals surface area contributed by atoms with Crippen LogP contribution in [0.25, 0.3) is 0 Å². The van der Waals surface area contributed by atoms with Gasteiger partial charge in [-0.3, -0.25) is 14.6 Å². The summed E-state index contributed by atoms with van der Waals surface area (Å²) in [6.45, 7) is 1.52. The van der Waals surface area contributed by atoms with Gasteiger partial charge in [0.15, 0.2) is 0 Å². The first-order chi connectivity index (χ1) is 14.7. The maximum absolute atomic E-state index is 13.3. The van der Waals surface area contributed by atoms with Crippen LogP contribution in [0.1, 0.15) is 34.7 Å². The highest BCUT2D eigenvalue weighted by Crippen LogP contribution is 2.49. The van der Waals surface area contributed by atoms with E-state index < -0.39 is 0 Å². The molecule has 0 unspecified atom stereocenters. The van der Waals surface area contributed by atoms with Crippen LogP contribution in [0.5, 0.6) is 0 Å². The zero-order valence-electron chi connectivity index (χ0n) is 16.7. The maximum atomic E-state index is 13.3. The van der Waals surface area contributed by atoms with Crippen LogP contribution in [0.15, 0.2) is 48.8 Å². The van der Waals surface area contributed by atoms with Crippen molar-refractivity contribution < 1.29 is 19.4 Å². The second kappa shape index (κ2) is 7.81. The molecule has 1 aromatic heterocycles. The molecular formula is C23H25N3O4. The molecule has 2 amide bonds. The number of carbonyl (C=O) groups is 2. The molecule has 7 nitrogen and oxygen atoms in total. The van der Waals surface area contributed by atoms with E-state index in [0.717, 1.165) is 11.3 Å². The SMILES string of the molecule is O=C(c1cccnc1)N1C[C@@H]2[C@H](c3ccccc31)[C@@H](CO)N2C(=O)C1CCOCC1. The van der Waals surface area contributed by atoms with Crippen LogP contribution in [-0.4, -0.2) is 65.3 Å². The highest BCUT2D eigenvalue weighted by Gasteiger charge is 2.56. The average Bonchev–Trinajstić information content (AvgIpc) is 2.80. The number of ether oxygens (including phenoxy) is 1. The van der Waals surface area contributed by atoms with Crippen LogP contribution < -0.4 is 4.90 Å². The van der Waals surface area contributed by atoms with E-state index in [0.29, 0.717) is 38.2 Å². The zero-order valence-corrected chi connectivity index (χ0v) is 16.7. The van der Waals surface area contributed by atoms with E-state index in [4.69, 9.17) is 4.74 Å². The number of fused-ring (bicyclic) bond motifs is 3. The van der Waals surface area contributed by atoms with E-state index >= 15 is 0 Å². The van der Waals surface area contributed by atoms with Crippen molar-refractivity contribution in [3.8, 4) is 0 Å². The number of aromatic nitrogens is 1. The number of hydrogen-bond donors (Lipinski definition) is 1. The van der Waals surface area contributed by atoms with Crippen molar-refractivity contribution >= 4 is 17.5 Å². The molecule has 2 saturated heterocycles. The summed E-state index contributed by atoms with van der Waals surface area (Å²) in [6.07, 6.45) is 4.63. The first-order valence-electron chi connectivity index (χ1n) is 10.5. The predicted molar refractivity (Wildman–Crippen MR) is 110 cm³/mol. The van der Waals surface area contributed by atoms with Crippen molar-refractivity contribution in [2.75, 3.05) is 31.3 Å². The molecule has 156 valence electrons. The molecule has 3 atom stereocenters. The number of carbonyl (C=O) groups excluding carboxylic acids is 2. The first-order valence-corrected chi connectivity index (χ1v) is 10.5. The number of amides is 2. The summed E-state index contributed by atoms with van der Waals surface area (Å²) < 4.78 is 5.41. The maximum Gasteiger partial charge on any atom is 0.259 e. The van der Waals surface area contributed by atoms with Gasteiger partial charge in [-0.25, -0.2) is 0 Å². The Labute approximate surface area is 175 Å². The lowest BCUT2D eigenvalue weighted by molar-refractivity contribution is -0.157. The minimum absolute atomic E-state index is 0.0351. The van der Waals surface area contributed by atoms with Crippen LogP contribution >= 0.6 is 0 Å². The van der Waals surface area contributed by atoms with Crippen molar-refractivity contribution in [3.63, 3.8) is 0 Å². The van der Waals surface area contributed by atoms with Crippen LogP contribution in [0, 0.1) is 5.92 Å². The topological polar surface area (TPSA) is 83.0 Å². The van der Waals surface area contributed by atoms with Gasteiger partial charge in [-0.2, -0.15) is 0 Å². The van der Waals surface area contributed by atoms with Crippen molar-refractivity contribution in [3.05, 3.63) is 59.9 Å². The average molecular weight is 407 g/mol. The van der Waals surface area contributed by atoms with Gasteiger partial charge < -0.3 is 19.6 Å². The minimum atomic E-state index is -0.248. The lowest BCUT2D eigenvalue weighted by Crippen LogP contribution is -2.71. The Kier molecular flexibility index (Phi) is 5.00. The standard InChI is InChI=1S/C23H25N3O4/c27-14-20-21-17-5-1-2-6-18(17)25(22(28)16-4-3-9-24-12-16)13-19(21)26(20)23(29)15-7-10-30-11-8-15/h1-6,9,12,15,19-21,27H,7-8,10-11,13-14H2/t19-,20-,21+/m1/s1. The van der Waals surface area contributed by atoms with Gasteiger partial charge >= 0.3 is 0 Å². The number of anilines is 1. The number of likely N-dealkylation sites (tertiary alicyclic amines) is 1. The number of para-hydroxylation sites is 1. The smallest absolute Gasteiger partial charge is 0.259 e. The monoisotopic (exact) mass is 407 g/mol. The molecule has 2 fully saturated rings. The number of pyridine rings is 1. The van der Waals surface area contributed by atoms with E-state index in [1.54, 1.807) is 29.4 Å². The number of aliphatic hydroxyl groups excluding tert-OH is 1. The summed E-state index contributed by atoms with van der Waals surface area (Å²) in [5.74, 6) is -0.0898. The van der Waals surface area contributed by atoms with E-state index in [1.807, 2.05) is 29.2 Å². The predicted octanol–water partition coefficient (Wildman–Crippen LogP) is 1.82. The Morgan fingerprint density at radius 2 is 1.93 bits per heavy atom. The number of hydrogen-bond acceptors (Lipinski definition) is 5. The Hall–Kier alpha value is -2.77. The van der Waals surface area contributed by atoms with Gasteiger partial charge in [0.05, 0.1) is 24.3 Å². The van der Waals surface area contributed by atoms with Gasteiger partial charge in [0.25, 0.3) is 5.91 Å². The summed E-state index contributed by atoms with van der Waals surface area (Å²) in [7, 11) is 0. The lowest BCUT2D eigenvalue weighted by Gasteiger charge is -2.59. The summed E-state index contributed by atoms with van der Waals surface area (Å²) >= 11 is 0. The molecule has 0 aliphatic carbocycles. The van der Waals surface area contributed by atoms with E-state index in [1.165, 1.54) is 0 Å². The molecule has 3 aliphatic heterocycles. The number of aliphatic hydroxyl groups is 1. The van der Waals surface area contributed by atoms with Gasteiger partial charge in [-0.15, -0.1) is 0 Å². The summed E-state index contributed by atoms with van der Waals surface area (Å²) in [6, 6.07) is 10.9. The molecule has 0 radical (unpaired) electrons. The van der Waals surface area contributed by atoms with Crippen molar-refractivity contribution in [2.45, 2.75) is 30.8 Å². The van der Waals surface area contributed by atoms with Crippen molar-refractivity contribution in [2.24, 2.45) is 5.92 Å². The van der Waals surface area contributed by atoms with Crippen molar-refractivity contribution in [1.29, 1.82) is 0 Å². The summed E-state index contributed by atoms with van der Waals surface area (Å²) in [4.78, 5) is 34.3. The molecular weight excluding hydrogens is 382 g/mol. The fourth-order valence-corrected chi connectivity index (χ4v) is 5.18. The highest BCUT2D eigenvalue weighted by molar-refractivity contribution is 6.07. The second-order valence-corrected chi connectivity index (χ2v) is 8.19. The van der Waals surface area contributed by atoms with E-state index in [9.17, 15) is 14.7 Å². The molecule has 7 heteroatoms. The fourth-order valence-electron chi connectivity index (χ4n) is 5.18. The van der Waals surface area contributed by atoms with Gasteiger partial charge in [-0.05, 0) is 36.6 Å². The van der Waals surface area contributed by atoms with Gasteiger partial charge in [0.1, 0.15) is 0 Å². The molecule has 5 rings (SSSR count). The van der Waals surface area contributed by atoms with E-state index in [2.05, 4.69) is 4.98 Å². The van der Waals surface area contributed by atoms with Crippen LogP contribution in [0.2, 0.25) is 0 Å². The van der Waals surface area contributed by atoms with Crippen LogP contribution in [0.4, 0.5) is 5.69 Å². The van der Waals surface area contributed by atoms with Crippen LogP contribution in [-0.2, 0) is 9.53 Å². The molecule has 4 heterocycles. The molecule has 1 aromatic carbocycles. The normalized spacial score (nSPS) is 25.8. The fraction of sp³-hybridized carbons (Fsp3) is 0.435. The Bertz CT molecular complexity index is 944. The Morgan fingerprint density at radius 1 is 1.13 bits per heavy atom. The molecule has 2 aromatic rings. The molecule has 30 heavy (non-hydrogen) atoms.